The van der Waals surface area contributed by atoms with Crippen molar-refractivity contribution in [3.63, 3.8) is 0 Å². The first-order valence-electron chi connectivity index (χ1n) is 8.55. The van der Waals surface area contributed by atoms with Gasteiger partial charge >= 0.3 is 5.97 Å². The predicted octanol–water partition coefficient (Wildman–Crippen LogP) is 5.29. The van der Waals surface area contributed by atoms with Gasteiger partial charge in [-0.1, -0.05) is 24.3 Å². The molecular weight excluding hydrogens is 332 g/mol. The molecule has 4 heteroatoms. The lowest BCUT2D eigenvalue weighted by atomic mass is 9.98. The van der Waals surface area contributed by atoms with E-state index in [0.717, 1.165) is 18.6 Å². The highest BCUT2D eigenvalue weighted by atomic mass is 32.1. The second-order valence-corrected chi connectivity index (χ2v) is 7.93. The molecule has 2 aromatic carbocycles. The highest BCUT2D eigenvalue weighted by Crippen LogP contribution is 2.37. The van der Waals surface area contributed by atoms with Gasteiger partial charge in [0.1, 0.15) is 12.4 Å². The van der Waals surface area contributed by atoms with Crippen LogP contribution in [0.25, 0.3) is 10.1 Å². The van der Waals surface area contributed by atoms with Crippen LogP contribution in [0.1, 0.15) is 40.3 Å². The van der Waals surface area contributed by atoms with Gasteiger partial charge < -0.3 is 9.84 Å². The van der Waals surface area contributed by atoms with Crippen molar-refractivity contribution in [3.8, 4) is 5.75 Å². The molecule has 1 aliphatic rings. The Hall–Kier alpha value is -2.33. The van der Waals surface area contributed by atoms with Crippen molar-refractivity contribution in [2.75, 3.05) is 0 Å². The van der Waals surface area contributed by atoms with Gasteiger partial charge in [0.05, 0.1) is 6.42 Å². The van der Waals surface area contributed by atoms with Gasteiger partial charge in [0.25, 0.3) is 0 Å². The Morgan fingerprint density at radius 1 is 1.28 bits per heavy atom. The van der Waals surface area contributed by atoms with Crippen LogP contribution in [0.2, 0.25) is 0 Å². The van der Waals surface area contributed by atoms with Gasteiger partial charge in [-0.05, 0) is 60.4 Å². The van der Waals surface area contributed by atoms with Gasteiger partial charge in [0.2, 0.25) is 0 Å². The van der Waals surface area contributed by atoms with E-state index < -0.39 is 5.97 Å². The lowest BCUT2D eigenvalue weighted by molar-refractivity contribution is -0.137. The molecule has 0 bridgehead atoms. The second-order valence-electron chi connectivity index (χ2n) is 6.68. The topological polar surface area (TPSA) is 46.5 Å². The molecule has 1 aromatic heterocycles. The predicted molar refractivity (Wildman–Crippen MR) is 101 cm³/mol. The molecule has 1 N–H and O–H groups in total. The van der Waals surface area contributed by atoms with Crippen molar-refractivity contribution in [2.24, 2.45) is 0 Å². The standard InChI is InChI=1S/C21H20O3S/c1-13-9-16-3-2-4-17(21(16)25-13)12-24-18-7-8-19-14(10-18)5-6-15(19)11-20(22)23/h2-4,7-10,15H,5-6,11-12H2,1H3,(H,22,23). The van der Waals surface area contributed by atoms with Crippen LogP contribution in [0.5, 0.6) is 5.75 Å². The molecular formula is C21H20O3S. The van der Waals surface area contributed by atoms with Crippen LogP contribution in [-0.2, 0) is 17.8 Å². The summed E-state index contributed by atoms with van der Waals surface area (Å²) < 4.78 is 7.34. The van der Waals surface area contributed by atoms with Crippen LogP contribution in [0, 0.1) is 6.92 Å². The molecule has 1 unspecified atom stereocenters. The van der Waals surface area contributed by atoms with Crippen LogP contribution >= 0.6 is 11.3 Å². The lowest BCUT2D eigenvalue weighted by Gasteiger charge is -2.11. The third-order valence-electron chi connectivity index (χ3n) is 4.88. The first-order chi connectivity index (χ1) is 12.1. The van der Waals surface area contributed by atoms with E-state index in [2.05, 4.69) is 37.3 Å². The van der Waals surface area contributed by atoms with E-state index in [1.807, 2.05) is 12.1 Å². The van der Waals surface area contributed by atoms with E-state index in [1.54, 1.807) is 11.3 Å². The summed E-state index contributed by atoms with van der Waals surface area (Å²) in [5.41, 5.74) is 3.61. The Labute approximate surface area is 150 Å². The summed E-state index contributed by atoms with van der Waals surface area (Å²) in [5.74, 6) is 0.280. The van der Waals surface area contributed by atoms with Crippen LogP contribution in [0.3, 0.4) is 0 Å². The molecule has 0 spiro atoms. The van der Waals surface area contributed by atoms with Crippen molar-refractivity contribution >= 4 is 27.4 Å². The van der Waals surface area contributed by atoms with Gasteiger partial charge in [-0.3, -0.25) is 4.79 Å². The van der Waals surface area contributed by atoms with E-state index in [4.69, 9.17) is 9.84 Å². The number of fused-ring (bicyclic) bond motifs is 2. The molecule has 25 heavy (non-hydrogen) atoms. The van der Waals surface area contributed by atoms with Crippen molar-refractivity contribution in [1.82, 2.24) is 0 Å². The number of benzene rings is 2. The number of hydrogen-bond acceptors (Lipinski definition) is 3. The van der Waals surface area contributed by atoms with Crippen LogP contribution in [0.15, 0.2) is 42.5 Å². The molecule has 1 heterocycles. The molecule has 1 atom stereocenters. The molecule has 4 rings (SSSR count). The van der Waals surface area contributed by atoms with Crippen molar-refractivity contribution in [3.05, 3.63) is 64.0 Å². The van der Waals surface area contributed by atoms with Gasteiger partial charge in [-0.2, -0.15) is 0 Å². The van der Waals surface area contributed by atoms with E-state index in [1.165, 1.54) is 31.7 Å². The van der Waals surface area contributed by atoms with Crippen LogP contribution in [0.4, 0.5) is 0 Å². The van der Waals surface area contributed by atoms with Crippen LogP contribution in [-0.4, -0.2) is 11.1 Å². The summed E-state index contributed by atoms with van der Waals surface area (Å²) in [6, 6.07) is 14.6. The molecule has 3 nitrogen and oxygen atoms in total. The minimum absolute atomic E-state index is 0.143. The monoisotopic (exact) mass is 352 g/mol. The largest absolute Gasteiger partial charge is 0.489 e. The summed E-state index contributed by atoms with van der Waals surface area (Å²) in [6.07, 6.45) is 2.07. The van der Waals surface area contributed by atoms with E-state index in [-0.39, 0.29) is 12.3 Å². The number of carbonyl (C=O) groups is 1. The van der Waals surface area contributed by atoms with Gasteiger partial charge in [0, 0.05) is 15.1 Å². The van der Waals surface area contributed by atoms with E-state index in [0.29, 0.717) is 6.61 Å². The zero-order valence-electron chi connectivity index (χ0n) is 14.1. The Morgan fingerprint density at radius 3 is 3.00 bits per heavy atom. The fraction of sp³-hybridized carbons (Fsp3) is 0.286. The first-order valence-corrected chi connectivity index (χ1v) is 9.37. The number of carboxylic acids is 1. The normalized spacial score (nSPS) is 16.1. The number of hydrogen-bond donors (Lipinski definition) is 1. The Morgan fingerprint density at radius 2 is 2.16 bits per heavy atom. The fourth-order valence-electron chi connectivity index (χ4n) is 3.72. The third-order valence-corrected chi connectivity index (χ3v) is 6.02. The van der Waals surface area contributed by atoms with Crippen molar-refractivity contribution < 1.29 is 14.6 Å². The SMILES string of the molecule is Cc1cc2cccc(COc3ccc4c(c3)CCC4CC(=O)O)c2s1. The average Bonchev–Trinajstić information content (AvgIpc) is 3.15. The van der Waals surface area contributed by atoms with Gasteiger partial charge in [-0.15, -0.1) is 11.3 Å². The van der Waals surface area contributed by atoms with Crippen molar-refractivity contribution in [1.29, 1.82) is 0 Å². The Bertz CT molecular complexity index is 941. The molecule has 0 saturated heterocycles. The lowest BCUT2D eigenvalue weighted by Crippen LogP contribution is -2.03. The molecule has 0 fully saturated rings. The maximum absolute atomic E-state index is 11.0. The summed E-state index contributed by atoms with van der Waals surface area (Å²) in [5, 5.41) is 10.3. The minimum Gasteiger partial charge on any atom is -0.489 e. The average molecular weight is 352 g/mol. The third kappa shape index (κ3) is 3.27. The maximum atomic E-state index is 11.0. The summed E-state index contributed by atoms with van der Waals surface area (Å²) in [6.45, 7) is 2.68. The van der Waals surface area contributed by atoms with E-state index in [9.17, 15) is 4.79 Å². The summed E-state index contributed by atoms with van der Waals surface area (Å²) in [7, 11) is 0. The summed E-state index contributed by atoms with van der Waals surface area (Å²) >= 11 is 1.80. The Kier molecular flexibility index (Phi) is 4.22. The smallest absolute Gasteiger partial charge is 0.303 e. The van der Waals surface area contributed by atoms with Crippen molar-refractivity contribution in [2.45, 2.75) is 38.7 Å². The number of aliphatic carboxylic acids is 1. The number of carboxylic acid groups (broad SMARTS) is 1. The molecule has 0 radical (unpaired) electrons. The zero-order valence-corrected chi connectivity index (χ0v) is 14.9. The maximum Gasteiger partial charge on any atom is 0.303 e. The number of rotatable bonds is 5. The number of ether oxygens (including phenoxy) is 1. The zero-order chi connectivity index (χ0) is 17.4. The quantitative estimate of drug-likeness (QED) is 0.678. The highest BCUT2D eigenvalue weighted by Gasteiger charge is 2.24. The highest BCUT2D eigenvalue weighted by molar-refractivity contribution is 7.19. The van der Waals surface area contributed by atoms with Gasteiger partial charge in [0.15, 0.2) is 0 Å². The molecule has 3 aromatic rings. The van der Waals surface area contributed by atoms with E-state index >= 15 is 0 Å². The number of aryl methyl sites for hydroxylation is 2. The minimum atomic E-state index is -0.725. The second kappa shape index (κ2) is 6.52. The molecule has 128 valence electrons. The van der Waals surface area contributed by atoms with Crippen LogP contribution < -0.4 is 4.74 Å². The molecule has 1 aliphatic carbocycles. The Balaban J connectivity index is 1.51. The molecule has 0 saturated carbocycles. The van der Waals surface area contributed by atoms with Gasteiger partial charge in [-0.25, -0.2) is 0 Å². The fourth-order valence-corrected chi connectivity index (χ4v) is 4.73. The molecule has 0 aliphatic heterocycles. The molecule has 0 amide bonds. The summed E-state index contributed by atoms with van der Waals surface area (Å²) in [4.78, 5) is 12.3. The number of thiophene rings is 1. The first kappa shape index (κ1) is 16.2.